The van der Waals surface area contributed by atoms with E-state index in [9.17, 15) is 5.11 Å². The number of nitrogens with zero attached hydrogens (tertiary/aromatic N) is 1. The van der Waals surface area contributed by atoms with Crippen LogP contribution in [0.15, 0.2) is 60.7 Å². The van der Waals surface area contributed by atoms with Crippen molar-refractivity contribution in [2.24, 2.45) is 5.92 Å². The fraction of sp³-hybridized carbons (Fsp3) is 0.455. The molecule has 0 aromatic heterocycles. The van der Waals surface area contributed by atoms with E-state index in [1.165, 1.54) is 43.5 Å². The number of hydrogen-bond donors (Lipinski definition) is 1. The maximum atomic E-state index is 10.6. The highest BCUT2D eigenvalue weighted by molar-refractivity contribution is 5.40. The molecule has 5 rings (SSSR count). The molecule has 2 aromatic carbocycles. The topological polar surface area (TPSA) is 23.5 Å². The zero-order chi connectivity index (χ0) is 16.4. The molecule has 1 N–H and O–H groups in total. The summed E-state index contributed by atoms with van der Waals surface area (Å²) in [6.07, 6.45) is 5.02. The van der Waals surface area contributed by atoms with Crippen LogP contribution >= 0.6 is 0 Å². The number of benzene rings is 2. The van der Waals surface area contributed by atoms with Crippen molar-refractivity contribution in [2.45, 2.75) is 37.1 Å². The molecular formula is C22H27NO. The zero-order valence-corrected chi connectivity index (χ0v) is 14.3. The van der Waals surface area contributed by atoms with Crippen LogP contribution in [-0.4, -0.2) is 35.7 Å². The van der Waals surface area contributed by atoms with Crippen molar-refractivity contribution < 1.29 is 5.11 Å². The molecule has 0 radical (unpaired) electrons. The SMILES string of the molecule is OCC(CC1CC2CCN1CC2)(c1ccccc1)c1ccccc1. The lowest BCUT2D eigenvalue weighted by atomic mass is 9.68. The second-order valence-corrected chi connectivity index (χ2v) is 7.55. The quantitative estimate of drug-likeness (QED) is 0.904. The molecule has 1 atom stereocenters. The first-order valence-corrected chi connectivity index (χ1v) is 9.28. The highest BCUT2D eigenvalue weighted by Crippen LogP contribution is 2.42. The van der Waals surface area contributed by atoms with Crippen molar-refractivity contribution in [1.82, 2.24) is 4.90 Å². The number of hydrogen-bond acceptors (Lipinski definition) is 2. The normalized spacial score (nSPS) is 26.5. The third-order valence-corrected chi connectivity index (χ3v) is 6.28. The zero-order valence-electron chi connectivity index (χ0n) is 14.3. The standard InChI is InChI=1S/C22H27NO/c24-17-22(19-7-3-1-4-8-19,20-9-5-2-6-10-20)16-21-15-18-11-13-23(21)14-12-18/h1-10,18,21,24H,11-17H2. The average molecular weight is 321 g/mol. The fourth-order valence-electron chi connectivity index (χ4n) is 4.87. The van der Waals surface area contributed by atoms with Gasteiger partial charge in [-0.2, -0.15) is 0 Å². The van der Waals surface area contributed by atoms with Gasteiger partial charge in [0.1, 0.15) is 0 Å². The number of piperidine rings is 3. The maximum absolute atomic E-state index is 10.6. The second kappa shape index (κ2) is 6.70. The molecule has 3 fully saturated rings. The van der Waals surface area contributed by atoms with Gasteiger partial charge in [-0.15, -0.1) is 0 Å². The van der Waals surface area contributed by atoms with E-state index in [0.717, 1.165) is 12.3 Å². The molecule has 3 saturated heterocycles. The summed E-state index contributed by atoms with van der Waals surface area (Å²) in [7, 11) is 0. The molecule has 24 heavy (non-hydrogen) atoms. The molecule has 2 heteroatoms. The summed E-state index contributed by atoms with van der Waals surface area (Å²) in [5.41, 5.74) is 2.17. The minimum Gasteiger partial charge on any atom is -0.395 e. The van der Waals surface area contributed by atoms with Crippen molar-refractivity contribution in [3.8, 4) is 0 Å². The Morgan fingerprint density at radius 3 is 1.83 bits per heavy atom. The largest absolute Gasteiger partial charge is 0.395 e. The van der Waals surface area contributed by atoms with E-state index >= 15 is 0 Å². The molecule has 3 heterocycles. The maximum Gasteiger partial charge on any atom is 0.0569 e. The Hall–Kier alpha value is -1.64. The molecule has 126 valence electrons. The Bertz CT molecular complexity index is 607. The van der Waals surface area contributed by atoms with Crippen molar-refractivity contribution in [3.05, 3.63) is 71.8 Å². The van der Waals surface area contributed by atoms with E-state index in [0.29, 0.717) is 6.04 Å². The van der Waals surface area contributed by atoms with Crippen molar-refractivity contribution in [3.63, 3.8) is 0 Å². The molecule has 2 nitrogen and oxygen atoms in total. The van der Waals surface area contributed by atoms with Crippen molar-refractivity contribution in [1.29, 1.82) is 0 Å². The Balaban J connectivity index is 1.73. The third-order valence-electron chi connectivity index (χ3n) is 6.28. The van der Waals surface area contributed by atoms with Gasteiger partial charge >= 0.3 is 0 Å². The lowest BCUT2D eigenvalue weighted by Crippen LogP contribution is -2.52. The first kappa shape index (κ1) is 15.9. The van der Waals surface area contributed by atoms with Crippen LogP contribution in [0, 0.1) is 5.92 Å². The molecule has 2 bridgehead atoms. The molecule has 0 saturated carbocycles. The van der Waals surface area contributed by atoms with Gasteiger partial charge in [0, 0.05) is 11.5 Å². The number of fused-ring (bicyclic) bond motifs is 3. The summed E-state index contributed by atoms with van der Waals surface area (Å²) in [5.74, 6) is 0.892. The third kappa shape index (κ3) is 2.78. The molecule has 0 amide bonds. The van der Waals surface area contributed by atoms with E-state index in [2.05, 4.69) is 65.6 Å². The Morgan fingerprint density at radius 1 is 0.875 bits per heavy atom. The van der Waals surface area contributed by atoms with E-state index < -0.39 is 0 Å². The summed E-state index contributed by atoms with van der Waals surface area (Å²) in [6.45, 7) is 2.64. The van der Waals surface area contributed by atoms with Gasteiger partial charge in [0.15, 0.2) is 0 Å². The Labute approximate surface area is 145 Å². The molecule has 2 aromatic rings. The van der Waals surface area contributed by atoms with E-state index in [4.69, 9.17) is 0 Å². The van der Waals surface area contributed by atoms with Crippen LogP contribution in [0.5, 0.6) is 0 Å². The number of rotatable bonds is 5. The van der Waals surface area contributed by atoms with E-state index in [1.54, 1.807) is 0 Å². The van der Waals surface area contributed by atoms with Crippen LogP contribution in [-0.2, 0) is 5.41 Å². The summed E-state index contributed by atoms with van der Waals surface area (Å²) in [4.78, 5) is 2.66. The predicted octanol–water partition coefficient (Wildman–Crippen LogP) is 3.84. The van der Waals surface area contributed by atoms with Gasteiger partial charge in [-0.3, -0.25) is 0 Å². The second-order valence-electron chi connectivity index (χ2n) is 7.55. The van der Waals surface area contributed by atoms with Gasteiger partial charge < -0.3 is 10.0 Å². The lowest BCUT2D eigenvalue weighted by Gasteiger charge is -2.49. The van der Waals surface area contributed by atoms with Crippen LogP contribution in [0.1, 0.15) is 36.8 Å². The lowest BCUT2D eigenvalue weighted by molar-refractivity contribution is 0.0289. The number of aliphatic hydroxyl groups excluding tert-OH is 1. The summed E-state index contributed by atoms with van der Waals surface area (Å²) in [5, 5.41) is 10.6. The highest BCUT2D eigenvalue weighted by Gasteiger charge is 2.41. The van der Waals surface area contributed by atoms with Crippen molar-refractivity contribution >= 4 is 0 Å². The summed E-state index contributed by atoms with van der Waals surface area (Å²) in [6, 6.07) is 21.8. The monoisotopic (exact) mass is 321 g/mol. The van der Waals surface area contributed by atoms with Gasteiger partial charge in [-0.25, -0.2) is 0 Å². The van der Waals surface area contributed by atoms with Crippen LogP contribution in [0.3, 0.4) is 0 Å². The highest BCUT2D eigenvalue weighted by atomic mass is 16.3. The minimum absolute atomic E-state index is 0.163. The fourth-order valence-corrected chi connectivity index (χ4v) is 4.87. The van der Waals surface area contributed by atoms with Crippen LogP contribution in [0.25, 0.3) is 0 Å². The van der Waals surface area contributed by atoms with Gasteiger partial charge in [-0.05, 0) is 55.8 Å². The van der Waals surface area contributed by atoms with Gasteiger partial charge in [0.2, 0.25) is 0 Å². The Morgan fingerprint density at radius 2 is 1.42 bits per heavy atom. The van der Waals surface area contributed by atoms with Crippen LogP contribution < -0.4 is 0 Å². The molecule has 3 aliphatic rings. The molecular weight excluding hydrogens is 294 g/mol. The number of aliphatic hydroxyl groups is 1. The molecule has 0 aliphatic carbocycles. The summed E-state index contributed by atoms with van der Waals surface area (Å²) < 4.78 is 0. The first-order valence-electron chi connectivity index (χ1n) is 9.28. The van der Waals surface area contributed by atoms with Crippen LogP contribution in [0.4, 0.5) is 0 Å². The van der Waals surface area contributed by atoms with E-state index in [1.807, 2.05) is 0 Å². The van der Waals surface area contributed by atoms with Crippen LogP contribution in [0.2, 0.25) is 0 Å². The van der Waals surface area contributed by atoms with Crippen molar-refractivity contribution in [2.75, 3.05) is 19.7 Å². The smallest absolute Gasteiger partial charge is 0.0569 e. The predicted molar refractivity (Wildman–Crippen MR) is 98.1 cm³/mol. The van der Waals surface area contributed by atoms with Gasteiger partial charge in [0.25, 0.3) is 0 Å². The first-order chi connectivity index (χ1) is 11.8. The van der Waals surface area contributed by atoms with Gasteiger partial charge in [0.05, 0.1) is 6.61 Å². The van der Waals surface area contributed by atoms with E-state index in [-0.39, 0.29) is 12.0 Å². The minimum atomic E-state index is -0.301. The molecule has 3 aliphatic heterocycles. The summed E-state index contributed by atoms with van der Waals surface area (Å²) >= 11 is 0. The van der Waals surface area contributed by atoms with Gasteiger partial charge in [-0.1, -0.05) is 60.7 Å². The average Bonchev–Trinajstić information content (AvgIpc) is 2.68. The Kier molecular flexibility index (Phi) is 4.43. The molecule has 1 unspecified atom stereocenters. The molecule has 0 spiro atoms.